The van der Waals surface area contributed by atoms with E-state index in [0.29, 0.717) is 23.3 Å². The van der Waals surface area contributed by atoms with Gasteiger partial charge in [-0.3, -0.25) is 14.4 Å². The van der Waals surface area contributed by atoms with Gasteiger partial charge in [0.2, 0.25) is 0 Å². The van der Waals surface area contributed by atoms with Crippen LogP contribution in [0.5, 0.6) is 0 Å². The van der Waals surface area contributed by atoms with E-state index in [1.165, 1.54) is 0 Å². The first kappa shape index (κ1) is 13.7. The summed E-state index contributed by atoms with van der Waals surface area (Å²) in [6, 6.07) is 1.87. The topological polar surface area (TPSA) is 50.2 Å². The first-order valence-electron chi connectivity index (χ1n) is 6.39. The third-order valence-electron chi connectivity index (χ3n) is 2.79. The second-order valence-electron chi connectivity index (χ2n) is 4.89. The number of rotatable bonds is 4. The van der Waals surface area contributed by atoms with Gasteiger partial charge in [0.25, 0.3) is 5.91 Å². The summed E-state index contributed by atoms with van der Waals surface area (Å²) < 4.78 is 1.82. The number of hydrogen-bond donors (Lipinski definition) is 1. The van der Waals surface area contributed by atoms with Crippen LogP contribution in [-0.2, 0) is 11.3 Å². The fourth-order valence-electron chi connectivity index (χ4n) is 1.88. The van der Waals surface area contributed by atoms with Gasteiger partial charge >= 0.3 is 0 Å². The molecule has 2 rings (SSSR count). The maximum atomic E-state index is 12.2. The smallest absolute Gasteiger partial charge is 0.276 e. The van der Waals surface area contributed by atoms with Gasteiger partial charge in [-0.25, -0.2) is 0 Å². The van der Waals surface area contributed by atoms with Crippen molar-refractivity contribution in [3.63, 3.8) is 0 Å². The fourth-order valence-corrected chi connectivity index (χ4v) is 2.15. The van der Waals surface area contributed by atoms with Gasteiger partial charge in [-0.1, -0.05) is 13.8 Å². The Morgan fingerprint density at radius 2 is 2.26 bits per heavy atom. The van der Waals surface area contributed by atoms with Crippen molar-refractivity contribution in [3.8, 4) is 0 Å². The lowest BCUT2D eigenvalue weighted by Gasteiger charge is -2.15. The highest BCUT2D eigenvalue weighted by Gasteiger charge is 2.30. The fraction of sp³-hybridized carbons (Fsp3) is 0.462. The molecule has 0 aromatic carbocycles. The quantitative estimate of drug-likeness (QED) is 0.671. The Kier molecular flexibility index (Phi) is 3.99. The van der Waals surface area contributed by atoms with E-state index in [9.17, 15) is 4.79 Å². The molecule has 6 heteroatoms. The summed E-state index contributed by atoms with van der Waals surface area (Å²) in [7, 11) is 0. The highest BCUT2D eigenvalue weighted by atomic mass is 32.1. The summed E-state index contributed by atoms with van der Waals surface area (Å²) in [6.07, 6.45) is 3.62. The normalized spacial score (nSPS) is 17.7. The van der Waals surface area contributed by atoms with Crippen molar-refractivity contribution in [1.29, 1.82) is 0 Å². The van der Waals surface area contributed by atoms with Gasteiger partial charge < -0.3 is 5.32 Å². The van der Waals surface area contributed by atoms with Crippen molar-refractivity contribution >= 4 is 29.3 Å². The molecule has 2 heterocycles. The SMILES string of the molecule is CCn1ccc(/C=C2/NC(=S)N(CC(C)C)C2=O)n1. The molecule has 1 amide bonds. The summed E-state index contributed by atoms with van der Waals surface area (Å²) in [4.78, 5) is 13.8. The van der Waals surface area contributed by atoms with Crippen molar-refractivity contribution < 1.29 is 4.79 Å². The number of carbonyl (C=O) groups excluding carboxylic acids is 1. The molecule has 1 fully saturated rings. The molecule has 1 aliphatic rings. The van der Waals surface area contributed by atoms with Crippen LogP contribution >= 0.6 is 12.2 Å². The Hall–Kier alpha value is -1.69. The van der Waals surface area contributed by atoms with Crippen LogP contribution < -0.4 is 5.32 Å². The highest BCUT2D eigenvalue weighted by Crippen LogP contribution is 2.14. The second-order valence-corrected chi connectivity index (χ2v) is 5.28. The molecular weight excluding hydrogens is 260 g/mol. The van der Waals surface area contributed by atoms with Gasteiger partial charge in [-0.05, 0) is 37.2 Å². The minimum absolute atomic E-state index is 0.0789. The lowest BCUT2D eigenvalue weighted by molar-refractivity contribution is -0.122. The minimum atomic E-state index is -0.0789. The molecule has 0 saturated carbocycles. The van der Waals surface area contributed by atoms with Crippen molar-refractivity contribution in [3.05, 3.63) is 23.7 Å². The molecule has 1 N–H and O–H groups in total. The largest absolute Gasteiger partial charge is 0.328 e. The molecule has 1 aromatic rings. The van der Waals surface area contributed by atoms with E-state index in [0.717, 1.165) is 12.2 Å². The minimum Gasteiger partial charge on any atom is -0.328 e. The van der Waals surface area contributed by atoms with Crippen molar-refractivity contribution in [2.24, 2.45) is 5.92 Å². The van der Waals surface area contributed by atoms with Gasteiger partial charge in [0, 0.05) is 19.3 Å². The molecule has 5 nitrogen and oxygen atoms in total. The zero-order chi connectivity index (χ0) is 14.0. The van der Waals surface area contributed by atoms with Gasteiger partial charge in [0.1, 0.15) is 5.70 Å². The Balaban J connectivity index is 2.18. The van der Waals surface area contributed by atoms with Crippen LogP contribution in [-0.4, -0.2) is 32.2 Å². The standard InChI is InChI=1S/C13H18N4OS/c1-4-16-6-5-10(15-16)7-11-12(18)17(8-9(2)3)13(19)14-11/h5-7,9H,4,8H2,1-3H3,(H,14,19)/b11-7+. The predicted octanol–water partition coefficient (Wildman–Crippen LogP) is 1.62. The molecule has 1 saturated heterocycles. The Bertz CT molecular complexity index is 533. The van der Waals surface area contributed by atoms with Crippen LogP contribution in [0.3, 0.4) is 0 Å². The maximum absolute atomic E-state index is 12.2. The number of aryl methyl sites for hydroxylation is 1. The summed E-state index contributed by atoms with van der Waals surface area (Å²) in [5.74, 6) is 0.298. The van der Waals surface area contributed by atoms with E-state index in [-0.39, 0.29) is 5.91 Å². The molecule has 19 heavy (non-hydrogen) atoms. The van der Waals surface area contributed by atoms with Crippen LogP contribution in [0.1, 0.15) is 26.5 Å². The van der Waals surface area contributed by atoms with E-state index in [4.69, 9.17) is 12.2 Å². The predicted molar refractivity (Wildman–Crippen MR) is 78.2 cm³/mol. The first-order valence-corrected chi connectivity index (χ1v) is 6.80. The number of hydrogen-bond acceptors (Lipinski definition) is 3. The number of aromatic nitrogens is 2. The average Bonchev–Trinajstić information content (AvgIpc) is 2.90. The van der Waals surface area contributed by atoms with Crippen LogP contribution in [0.2, 0.25) is 0 Å². The molecule has 0 unspecified atom stereocenters. The third-order valence-corrected chi connectivity index (χ3v) is 3.11. The van der Waals surface area contributed by atoms with Crippen molar-refractivity contribution in [2.75, 3.05) is 6.54 Å². The van der Waals surface area contributed by atoms with Crippen LogP contribution in [0, 0.1) is 5.92 Å². The summed E-state index contributed by atoms with van der Waals surface area (Å²) in [5, 5.41) is 7.75. The number of carbonyl (C=O) groups is 1. The van der Waals surface area contributed by atoms with Crippen LogP contribution in [0.4, 0.5) is 0 Å². The molecule has 0 bridgehead atoms. The maximum Gasteiger partial charge on any atom is 0.276 e. The molecule has 0 spiro atoms. The Labute approximate surface area is 118 Å². The second kappa shape index (κ2) is 5.52. The Morgan fingerprint density at radius 1 is 1.53 bits per heavy atom. The first-order chi connectivity index (χ1) is 9.01. The number of amides is 1. The molecule has 0 atom stereocenters. The van der Waals surface area contributed by atoms with E-state index in [1.807, 2.05) is 23.9 Å². The molecule has 0 aliphatic carbocycles. The average molecular weight is 278 g/mol. The van der Waals surface area contributed by atoms with Gasteiger partial charge in [0.15, 0.2) is 5.11 Å². The summed E-state index contributed by atoms with van der Waals surface area (Å²) in [5.41, 5.74) is 1.25. The summed E-state index contributed by atoms with van der Waals surface area (Å²) in [6.45, 7) is 7.57. The number of nitrogens with one attached hydrogen (secondary N) is 1. The molecule has 102 valence electrons. The van der Waals surface area contributed by atoms with Crippen LogP contribution in [0.25, 0.3) is 6.08 Å². The van der Waals surface area contributed by atoms with E-state index < -0.39 is 0 Å². The lowest BCUT2D eigenvalue weighted by atomic mass is 10.2. The molecule has 1 aromatic heterocycles. The molecular formula is C13H18N4OS. The Morgan fingerprint density at radius 3 is 2.84 bits per heavy atom. The van der Waals surface area contributed by atoms with Gasteiger partial charge in [-0.2, -0.15) is 5.10 Å². The van der Waals surface area contributed by atoms with E-state index >= 15 is 0 Å². The van der Waals surface area contributed by atoms with Gasteiger partial charge in [-0.15, -0.1) is 0 Å². The third kappa shape index (κ3) is 3.01. The zero-order valence-electron chi connectivity index (χ0n) is 11.4. The zero-order valence-corrected chi connectivity index (χ0v) is 12.2. The van der Waals surface area contributed by atoms with Crippen molar-refractivity contribution in [1.82, 2.24) is 20.0 Å². The monoisotopic (exact) mass is 278 g/mol. The van der Waals surface area contributed by atoms with Gasteiger partial charge in [0.05, 0.1) is 5.69 Å². The molecule has 0 radical (unpaired) electrons. The van der Waals surface area contributed by atoms with E-state index in [2.05, 4.69) is 24.3 Å². The van der Waals surface area contributed by atoms with E-state index in [1.54, 1.807) is 11.0 Å². The van der Waals surface area contributed by atoms with Crippen LogP contribution in [0.15, 0.2) is 18.0 Å². The molecule has 1 aliphatic heterocycles. The number of nitrogens with zero attached hydrogens (tertiary/aromatic N) is 3. The highest BCUT2D eigenvalue weighted by molar-refractivity contribution is 7.80. The number of thiocarbonyl (C=S) groups is 1. The lowest BCUT2D eigenvalue weighted by Crippen LogP contribution is -2.33. The summed E-state index contributed by atoms with van der Waals surface area (Å²) >= 11 is 5.18. The van der Waals surface area contributed by atoms with Crippen molar-refractivity contribution in [2.45, 2.75) is 27.3 Å².